The van der Waals surface area contributed by atoms with E-state index < -0.39 is 5.97 Å². The van der Waals surface area contributed by atoms with E-state index in [1.165, 1.54) is 70.3 Å². The predicted octanol–water partition coefficient (Wildman–Crippen LogP) is 6.44. The van der Waals surface area contributed by atoms with Gasteiger partial charge in [0.15, 0.2) is 0 Å². The Morgan fingerprint density at radius 2 is 1.23 bits per heavy atom. The lowest BCUT2D eigenvalue weighted by Crippen LogP contribution is -1.84. The van der Waals surface area contributed by atoms with Crippen LogP contribution < -0.4 is 0 Å². The van der Waals surface area contributed by atoms with Crippen LogP contribution in [0.4, 0.5) is 0 Å². The Labute approximate surface area is 137 Å². The van der Waals surface area contributed by atoms with Gasteiger partial charge in [-0.05, 0) is 44.9 Å². The van der Waals surface area contributed by atoms with Gasteiger partial charge in [-0.25, -0.2) is 4.79 Å². The summed E-state index contributed by atoms with van der Waals surface area (Å²) in [7, 11) is 0. The van der Waals surface area contributed by atoms with E-state index in [2.05, 4.69) is 25.2 Å². The summed E-state index contributed by atoms with van der Waals surface area (Å²) >= 11 is 0. The van der Waals surface area contributed by atoms with E-state index in [1.807, 2.05) is 6.08 Å². The molecule has 1 N–H and O–H groups in total. The molecular formula is C20H34O2. The van der Waals surface area contributed by atoms with Gasteiger partial charge in [-0.1, -0.05) is 69.4 Å². The molecule has 0 unspecified atom stereocenters. The van der Waals surface area contributed by atoms with Crippen LogP contribution >= 0.6 is 0 Å². The predicted molar refractivity (Wildman–Crippen MR) is 96.1 cm³/mol. The van der Waals surface area contributed by atoms with Crippen molar-refractivity contribution >= 4 is 5.97 Å². The van der Waals surface area contributed by atoms with E-state index in [1.54, 1.807) is 6.08 Å². The molecule has 2 nitrogen and oxygen atoms in total. The molecule has 0 atom stereocenters. The van der Waals surface area contributed by atoms with Gasteiger partial charge in [-0.2, -0.15) is 0 Å². The minimum atomic E-state index is -0.871. The topological polar surface area (TPSA) is 37.3 Å². The second-order valence-corrected chi connectivity index (χ2v) is 5.76. The van der Waals surface area contributed by atoms with Crippen molar-refractivity contribution in [3.8, 4) is 0 Å². The molecule has 0 amide bonds. The summed E-state index contributed by atoms with van der Waals surface area (Å²) in [5, 5.41) is 8.42. The zero-order valence-electron chi connectivity index (χ0n) is 14.3. The fraction of sp³-hybridized carbons (Fsp3) is 0.650. The van der Waals surface area contributed by atoms with Crippen LogP contribution in [0.1, 0.15) is 84.0 Å². The first-order chi connectivity index (χ1) is 10.8. The summed E-state index contributed by atoms with van der Waals surface area (Å²) in [6, 6.07) is 0. The summed E-state index contributed by atoms with van der Waals surface area (Å²) in [6.07, 6.45) is 26.6. The summed E-state index contributed by atoms with van der Waals surface area (Å²) in [6.45, 7) is 2.25. The van der Waals surface area contributed by atoms with Crippen molar-refractivity contribution in [1.82, 2.24) is 0 Å². The van der Waals surface area contributed by atoms with Crippen molar-refractivity contribution in [3.63, 3.8) is 0 Å². The van der Waals surface area contributed by atoms with Gasteiger partial charge in [0, 0.05) is 6.08 Å². The third-order valence-corrected chi connectivity index (χ3v) is 3.58. The Balaban J connectivity index is 3.20. The zero-order chi connectivity index (χ0) is 16.3. The van der Waals surface area contributed by atoms with Crippen LogP contribution in [0.25, 0.3) is 0 Å². The van der Waals surface area contributed by atoms with E-state index >= 15 is 0 Å². The summed E-state index contributed by atoms with van der Waals surface area (Å²) in [5.74, 6) is -0.871. The average molecular weight is 306 g/mol. The first-order valence-corrected chi connectivity index (χ1v) is 8.96. The Bertz CT molecular complexity index is 327. The molecule has 0 aliphatic rings. The van der Waals surface area contributed by atoms with Crippen molar-refractivity contribution in [2.24, 2.45) is 0 Å². The quantitative estimate of drug-likeness (QED) is 0.215. The monoisotopic (exact) mass is 306 g/mol. The van der Waals surface area contributed by atoms with E-state index in [9.17, 15) is 4.79 Å². The number of carboxylic acids is 1. The Morgan fingerprint density at radius 1 is 0.727 bits per heavy atom. The van der Waals surface area contributed by atoms with Crippen molar-refractivity contribution < 1.29 is 9.90 Å². The third-order valence-electron chi connectivity index (χ3n) is 3.58. The maximum atomic E-state index is 10.2. The number of hydrogen-bond acceptors (Lipinski definition) is 1. The number of rotatable bonds is 15. The van der Waals surface area contributed by atoms with Gasteiger partial charge in [0.05, 0.1) is 0 Å². The van der Waals surface area contributed by atoms with Crippen LogP contribution in [-0.4, -0.2) is 11.1 Å². The third kappa shape index (κ3) is 18.7. The molecule has 0 saturated heterocycles. The van der Waals surface area contributed by atoms with E-state index in [-0.39, 0.29) is 0 Å². The number of hydrogen-bond donors (Lipinski definition) is 1. The molecule has 0 fully saturated rings. The van der Waals surface area contributed by atoms with Crippen molar-refractivity contribution in [2.75, 3.05) is 0 Å². The highest BCUT2D eigenvalue weighted by Gasteiger charge is 1.89. The molecule has 0 bridgehead atoms. The molecule has 0 aromatic carbocycles. The summed E-state index contributed by atoms with van der Waals surface area (Å²) in [4.78, 5) is 10.2. The number of carbonyl (C=O) groups is 1. The molecule has 2 heteroatoms. The average Bonchev–Trinajstić information content (AvgIpc) is 2.50. The highest BCUT2D eigenvalue weighted by atomic mass is 16.4. The first kappa shape index (κ1) is 20.7. The van der Waals surface area contributed by atoms with Crippen LogP contribution in [0.3, 0.4) is 0 Å². The lowest BCUT2D eigenvalue weighted by atomic mass is 10.1. The minimum Gasteiger partial charge on any atom is -0.478 e. The number of unbranched alkanes of at least 4 members (excludes halogenated alkanes) is 9. The highest BCUT2D eigenvalue weighted by molar-refractivity contribution is 5.79. The fourth-order valence-corrected chi connectivity index (χ4v) is 2.26. The van der Waals surface area contributed by atoms with Crippen LogP contribution in [0.5, 0.6) is 0 Å². The molecule has 126 valence electrons. The van der Waals surface area contributed by atoms with Crippen LogP contribution in [0.15, 0.2) is 36.5 Å². The smallest absolute Gasteiger partial charge is 0.327 e. The molecule has 0 radical (unpaired) electrons. The molecule has 22 heavy (non-hydrogen) atoms. The lowest BCUT2D eigenvalue weighted by molar-refractivity contribution is -0.131. The maximum absolute atomic E-state index is 10.2. The molecule has 0 aromatic heterocycles. The number of allylic oxidation sites excluding steroid dienone is 5. The van der Waals surface area contributed by atoms with Gasteiger partial charge < -0.3 is 5.11 Å². The van der Waals surface area contributed by atoms with Gasteiger partial charge in [0.25, 0.3) is 0 Å². The molecule has 0 aliphatic carbocycles. The van der Waals surface area contributed by atoms with Crippen molar-refractivity contribution in [2.45, 2.75) is 84.0 Å². The summed E-state index contributed by atoms with van der Waals surface area (Å²) < 4.78 is 0. The van der Waals surface area contributed by atoms with Gasteiger partial charge in [0.1, 0.15) is 0 Å². The maximum Gasteiger partial charge on any atom is 0.327 e. The van der Waals surface area contributed by atoms with E-state index in [0.29, 0.717) is 0 Å². The second kappa shape index (κ2) is 17.7. The van der Waals surface area contributed by atoms with E-state index in [0.717, 1.165) is 12.8 Å². The highest BCUT2D eigenvalue weighted by Crippen LogP contribution is 2.09. The minimum absolute atomic E-state index is 0.719. The fourth-order valence-electron chi connectivity index (χ4n) is 2.26. The second-order valence-electron chi connectivity index (χ2n) is 5.76. The lowest BCUT2D eigenvalue weighted by Gasteiger charge is -1.98. The molecular weight excluding hydrogens is 272 g/mol. The normalized spacial score (nSPS) is 12.0. The van der Waals surface area contributed by atoms with Crippen molar-refractivity contribution in [3.05, 3.63) is 36.5 Å². The van der Waals surface area contributed by atoms with Crippen LogP contribution in [0, 0.1) is 0 Å². The molecule has 0 saturated carbocycles. The Morgan fingerprint density at radius 3 is 1.77 bits per heavy atom. The molecule has 0 spiro atoms. The van der Waals surface area contributed by atoms with Gasteiger partial charge in [-0.3, -0.25) is 0 Å². The van der Waals surface area contributed by atoms with Crippen molar-refractivity contribution in [1.29, 1.82) is 0 Å². The zero-order valence-corrected chi connectivity index (χ0v) is 14.3. The standard InChI is InChI=1S/C20H34O2/c1-2-3-4-5-6-7-8-9-10-11-12-13-14-15-16-17-18-19-20(21)22/h6-7,15-16,18-19H,2-5,8-14,17H2,1H3,(H,21,22)/b7-6+,16-15+,19-18+. The van der Waals surface area contributed by atoms with Crippen LogP contribution in [0.2, 0.25) is 0 Å². The van der Waals surface area contributed by atoms with E-state index in [4.69, 9.17) is 5.11 Å². The number of aliphatic carboxylic acids is 1. The largest absolute Gasteiger partial charge is 0.478 e. The van der Waals surface area contributed by atoms with Gasteiger partial charge in [0.2, 0.25) is 0 Å². The first-order valence-electron chi connectivity index (χ1n) is 8.96. The molecule has 0 heterocycles. The van der Waals surface area contributed by atoms with Gasteiger partial charge in [-0.15, -0.1) is 0 Å². The summed E-state index contributed by atoms with van der Waals surface area (Å²) in [5.41, 5.74) is 0. The van der Waals surface area contributed by atoms with Gasteiger partial charge >= 0.3 is 5.97 Å². The number of carboxylic acid groups (broad SMARTS) is 1. The Kier molecular flexibility index (Phi) is 16.7. The Hall–Kier alpha value is -1.31. The van der Waals surface area contributed by atoms with Crippen LogP contribution in [-0.2, 0) is 4.79 Å². The molecule has 0 aromatic rings. The molecule has 0 rings (SSSR count). The molecule has 0 aliphatic heterocycles. The SMILES string of the molecule is CCCCC/C=C/CCCCCCC/C=C/C/C=C/C(=O)O.